The Morgan fingerprint density at radius 3 is 2.84 bits per heavy atom. The molecule has 4 nitrogen and oxygen atoms in total. The fourth-order valence-electron chi connectivity index (χ4n) is 2.77. The van der Waals surface area contributed by atoms with Crippen molar-refractivity contribution >= 4 is 29.1 Å². The first-order valence-electron chi connectivity index (χ1n) is 6.55. The second-order valence-corrected chi connectivity index (χ2v) is 6.09. The number of halogens is 2. The van der Waals surface area contributed by atoms with Crippen LogP contribution in [0.2, 0.25) is 10.2 Å². The summed E-state index contributed by atoms with van der Waals surface area (Å²) in [5, 5.41) is 3.71. The first-order valence-corrected chi connectivity index (χ1v) is 7.30. The highest BCUT2D eigenvalue weighted by Gasteiger charge is 2.38. The number of hydrogen-bond acceptors (Lipinski definition) is 2. The molecule has 0 bridgehead atoms. The summed E-state index contributed by atoms with van der Waals surface area (Å²) in [5.74, 6) is 0.170. The Kier molecular flexibility index (Phi) is 4.43. The Labute approximate surface area is 123 Å². The molecule has 0 spiro atoms. The van der Waals surface area contributed by atoms with E-state index in [4.69, 9.17) is 28.9 Å². The summed E-state index contributed by atoms with van der Waals surface area (Å²) in [6.45, 7) is 2.59. The normalized spacial score (nSPS) is 27.3. The van der Waals surface area contributed by atoms with Gasteiger partial charge in [-0.05, 0) is 24.8 Å². The summed E-state index contributed by atoms with van der Waals surface area (Å²) in [7, 11) is 0. The van der Waals surface area contributed by atoms with Gasteiger partial charge >= 0.3 is 0 Å². The summed E-state index contributed by atoms with van der Waals surface area (Å²) in [6, 6.07) is 1.54. The zero-order valence-electron chi connectivity index (χ0n) is 10.9. The summed E-state index contributed by atoms with van der Waals surface area (Å²) in [6.07, 6.45) is 4.29. The number of H-pyrrole nitrogens is 1. The topological polar surface area (TPSA) is 70.9 Å². The van der Waals surface area contributed by atoms with E-state index in [1.165, 1.54) is 12.5 Å². The number of nitrogens with two attached hydrogens (primary N) is 1. The second kappa shape index (κ2) is 5.73. The molecule has 0 radical (unpaired) electrons. The van der Waals surface area contributed by atoms with Crippen molar-refractivity contribution in [3.8, 4) is 0 Å². The highest BCUT2D eigenvalue weighted by molar-refractivity contribution is 6.41. The van der Waals surface area contributed by atoms with E-state index in [1.807, 2.05) is 0 Å². The molecular weight excluding hydrogens is 285 g/mol. The van der Waals surface area contributed by atoms with E-state index in [-0.39, 0.29) is 16.6 Å². The molecule has 1 aromatic heterocycles. The van der Waals surface area contributed by atoms with Crippen LogP contribution in [0.1, 0.15) is 43.1 Å². The summed E-state index contributed by atoms with van der Waals surface area (Å²) in [5.41, 5.74) is 5.97. The molecule has 1 aliphatic rings. The van der Waals surface area contributed by atoms with Crippen molar-refractivity contribution in [2.75, 3.05) is 6.54 Å². The van der Waals surface area contributed by atoms with Crippen molar-refractivity contribution in [2.45, 2.75) is 38.1 Å². The Morgan fingerprint density at radius 2 is 2.32 bits per heavy atom. The Balaban J connectivity index is 2.15. The molecule has 0 aliphatic heterocycles. The Bertz CT molecular complexity index is 455. The second-order valence-electron chi connectivity index (χ2n) is 5.31. The maximum absolute atomic E-state index is 12.3. The van der Waals surface area contributed by atoms with E-state index in [9.17, 15) is 4.79 Å². The molecule has 0 saturated heterocycles. The van der Waals surface area contributed by atoms with Gasteiger partial charge in [0.1, 0.15) is 10.8 Å². The van der Waals surface area contributed by atoms with Crippen LogP contribution in [0.3, 0.4) is 0 Å². The molecule has 2 atom stereocenters. The molecule has 1 aromatic rings. The van der Waals surface area contributed by atoms with Crippen molar-refractivity contribution in [3.05, 3.63) is 21.9 Å². The standard InChI is InChI=1S/C13H19Cl2N3O/c1-8-4-2-3-5-13(8,7-16)18-12(19)10-6-9(14)11(15)17-10/h6,8,17H,2-5,7,16H2,1H3,(H,18,19). The van der Waals surface area contributed by atoms with Crippen molar-refractivity contribution in [1.82, 2.24) is 10.3 Å². The molecule has 19 heavy (non-hydrogen) atoms. The molecule has 1 heterocycles. The van der Waals surface area contributed by atoms with Gasteiger partial charge < -0.3 is 16.0 Å². The van der Waals surface area contributed by atoms with Crippen LogP contribution >= 0.6 is 23.2 Å². The molecular formula is C13H19Cl2N3O. The lowest BCUT2D eigenvalue weighted by Gasteiger charge is -2.42. The quantitative estimate of drug-likeness (QED) is 0.803. The molecule has 1 fully saturated rings. The van der Waals surface area contributed by atoms with Gasteiger partial charge in [0.25, 0.3) is 5.91 Å². The van der Waals surface area contributed by atoms with Crippen molar-refractivity contribution in [2.24, 2.45) is 11.7 Å². The number of amides is 1. The van der Waals surface area contributed by atoms with E-state index >= 15 is 0 Å². The predicted octanol–water partition coefficient (Wildman–Crippen LogP) is 2.96. The summed E-state index contributed by atoms with van der Waals surface area (Å²) >= 11 is 11.7. The van der Waals surface area contributed by atoms with Crippen LogP contribution in [0, 0.1) is 5.92 Å². The van der Waals surface area contributed by atoms with Gasteiger partial charge in [-0.2, -0.15) is 0 Å². The predicted molar refractivity (Wildman–Crippen MR) is 77.7 cm³/mol. The number of hydrogen-bond donors (Lipinski definition) is 3. The van der Waals surface area contributed by atoms with Crippen molar-refractivity contribution in [3.63, 3.8) is 0 Å². The van der Waals surface area contributed by atoms with Crippen LogP contribution in [0.5, 0.6) is 0 Å². The zero-order valence-corrected chi connectivity index (χ0v) is 12.4. The molecule has 106 valence electrons. The molecule has 2 rings (SSSR count). The van der Waals surface area contributed by atoms with Gasteiger partial charge in [0.05, 0.1) is 10.6 Å². The fourth-order valence-corrected chi connectivity index (χ4v) is 3.09. The van der Waals surface area contributed by atoms with Crippen LogP contribution in [0.15, 0.2) is 6.07 Å². The van der Waals surface area contributed by atoms with E-state index in [1.54, 1.807) is 0 Å². The van der Waals surface area contributed by atoms with Crippen LogP contribution in [-0.4, -0.2) is 23.0 Å². The first kappa shape index (κ1) is 14.7. The average Bonchev–Trinajstić information content (AvgIpc) is 2.73. The summed E-state index contributed by atoms with van der Waals surface area (Å²) in [4.78, 5) is 15.0. The van der Waals surface area contributed by atoms with Crippen molar-refractivity contribution < 1.29 is 4.79 Å². The Morgan fingerprint density at radius 1 is 1.58 bits per heavy atom. The number of nitrogens with one attached hydrogen (secondary N) is 2. The molecule has 4 N–H and O–H groups in total. The molecule has 2 unspecified atom stereocenters. The molecule has 6 heteroatoms. The maximum Gasteiger partial charge on any atom is 0.268 e. The number of aromatic amines is 1. The van der Waals surface area contributed by atoms with E-state index < -0.39 is 0 Å². The van der Waals surface area contributed by atoms with Crippen LogP contribution in [0.25, 0.3) is 0 Å². The first-order chi connectivity index (χ1) is 8.98. The molecule has 0 aromatic carbocycles. The highest BCUT2D eigenvalue weighted by Crippen LogP contribution is 2.33. The summed E-state index contributed by atoms with van der Waals surface area (Å²) < 4.78 is 0. The number of carbonyl (C=O) groups excluding carboxylic acids is 1. The molecule has 1 amide bonds. The fraction of sp³-hybridized carbons (Fsp3) is 0.615. The van der Waals surface area contributed by atoms with Crippen LogP contribution < -0.4 is 11.1 Å². The van der Waals surface area contributed by atoms with E-state index in [0.717, 1.165) is 19.3 Å². The largest absolute Gasteiger partial charge is 0.344 e. The van der Waals surface area contributed by atoms with Gasteiger partial charge in [0, 0.05) is 6.54 Å². The lowest BCUT2D eigenvalue weighted by Crippen LogP contribution is -2.59. The Hall–Kier alpha value is -0.710. The van der Waals surface area contributed by atoms with Gasteiger partial charge in [-0.25, -0.2) is 0 Å². The SMILES string of the molecule is CC1CCCCC1(CN)NC(=O)c1cc(Cl)c(Cl)[nH]1. The number of carbonyl (C=O) groups is 1. The maximum atomic E-state index is 12.3. The van der Waals surface area contributed by atoms with E-state index in [0.29, 0.717) is 23.2 Å². The minimum absolute atomic E-state index is 0.201. The smallest absolute Gasteiger partial charge is 0.268 e. The lowest BCUT2D eigenvalue weighted by atomic mass is 9.73. The van der Waals surface area contributed by atoms with Gasteiger partial charge in [0.15, 0.2) is 0 Å². The van der Waals surface area contributed by atoms with Crippen LogP contribution in [0.4, 0.5) is 0 Å². The highest BCUT2D eigenvalue weighted by atomic mass is 35.5. The third kappa shape index (κ3) is 2.91. The average molecular weight is 304 g/mol. The van der Waals surface area contributed by atoms with Gasteiger partial charge in [-0.3, -0.25) is 4.79 Å². The van der Waals surface area contributed by atoms with Crippen molar-refractivity contribution in [1.29, 1.82) is 0 Å². The minimum atomic E-state index is -0.320. The minimum Gasteiger partial charge on any atom is -0.344 e. The van der Waals surface area contributed by atoms with Gasteiger partial charge in [-0.1, -0.05) is 43.0 Å². The molecule has 1 aliphatic carbocycles. The van der Waals surface area contributed by atoms with Crippen LogP contribution in [-0.2, 0) is 0 Å². The third-order valence-corrected chi connectivity index (χ3v) is 4.84. The number of aromatic nitrogens is 1. The zero-order chi connectivity index (χ0) is 14.0. The monoisotopic (exact) mass is 303 g/mol. The molecule has 1 saturated carbocycles. The van der Waals surface area contributed by atoms with Gasteiger partial charge in [0.2, 0.25) is 0 Å². The number of rotatable bonds is 3. The van der Waals surface area contributed by atoms with E-state index in [2.05, 4.69) is 17.2 Å². The third-order valence-electron chi connectivity index (χ3n) is 4.15. The lowest BCUT2D eigenvalue weighted by molar-refractivity contribution is 0.0808. The van der Waals surface area contributed by atoms with Gasteiger partial charge in [-0.15, -0.1) is 0 Å².